The van der Waals surface area contributed by atoms with Crippen molar-refractivity contribution in [3.63, 3.8) is 0 Å². The van der Waals surface area contributed by atoms with Crippen LogP contribution in [0, 0.1) is 11.3 Å². The standard InChI is InChI=1S/C19H15NO4/c1-23-17-9-7-16(8-10-17)18(21)13-24-19(22)11-6-14-2-4-15(12-20)5-3-14/h2-11H,13H2,1H3/b11-6+. The van der Waals surface area contributed by atoms with Crippen molar-refractivity contribution in [1.82, 2.24) is 0 Å². The monoisotopic (exact) mass is 321 g/mol. The van der Waals surface area contributed by atoms with Crippen LogP contribution in [0.25, 0.3) is 6.08 Å². The molecule has 2 aromatic rings. The lowest BCUT2D eigenvalue weighted by Gasteiger charge is -2.03. The molecular formula is C19H15NO4. The Morgan fingerprint density at radius 2 is 1.75 bits per heavy atom. The van der Waals surface area contributed by atoms with E-state index in [1.54, 1.807) is 61.7 Å². The molecule has 2 rings (SSSR count). The van der Waals surface area contributed by atoms with Gasteiger partial charge in [-0.3, -0.25) is 4.79 Å². The smallest absolute Gasteiger partial charge is 0.331 e. The van der Waals surface area contributed by atoms with E-state index in [1.807, 2.05) is 6.07 Å². The molecule has 0 unspecified atom stereocenters. The first-order chi connectivity index (χ1) is 11.6. The fraction of sp³-hybridized carbons (Fsp3) is 0.105. The van der Waals surface area contributed by atoms with Crippen molar-refractivity contribution in [2.24, 2.45) is 0 Å². The second-order valence-corrected chi connectivity index (χ2v) is 4.83. The van der Waals surface area contributed by atoms with Gasteiger partial charge < -0.3 is 9.47 Å². The van der Waals surface area contributed by atoms with Crippen molar-refractivity contribution in [1.29, 1.82) is 5.26 Å². The molecule has 0 heterocycles. The first kappa shape index (κ1) is 17.0. The number of ether oxygens (including phenoxy) is 2. The molecule has 0 aliphatic heterocycles. The highest BCUT2D eigenvalue weighted by Crippen LogP contribution is 2.12. The zero-order valence-electron chi connectivity index (χ0n) is 13.1. The highest BCUT2D eigenvalue weighted by atomic mass is 16.5. The van der Waals surface area contributed by atoms with Gasteiger partial charge in [0.2, 0.25) is 0 Å². The number of hydrogen-bond donors (Lipinski definition) is 0. The Morgan fingerprint density at radius 1 is 1.08 bits per heavy atom. The molecule has 5 nitrogen and oxygen atoms in total. The SMILES string of the molecule is COc1ccc(C(=O)COC(=O)/C=C/c2ccc(C#N)cc2)cc1. The molecule has 120 valence electrons. The Morgan fingerprint density at radius 3 is 2.33 bits per heavy atom. The lowest BCUT2D eigenvalue weighted by atomic mass is 10.1. The zero-order valence-corrected chi connectivity index (χ0v) is 13.1. The number of ketones is 1. The van der Waals surface area contributed by atoms with Gasteiger partial charge in [-0.25, -0.2) is 4.79 Å². The van der Waals surface area contributed by atoms with Gasteiger partial charge in [0.1, 0.15) is 5.75 Å². The number of carbonyl (C=O) groups excluding carboxylic acids is 2. The van der Waals surface area contributed by atoms with E-state index in [9.17, 15) is 9.59 Å². The highest BCUT2D eigenvalue weighted by Gasteiger charge is 2.08. The predicted octanol–water partition coefficient (Wildman–Crippen LogP) is 3.01. The van der Waals surface area contributed by atoms with Crippen LogP contribution in [0.1, 0.15) is 21.5 Å². The number of hydrogen-bond acceptors (Lipinski definition) is 5. The molecule has 0 aromatic heterocycles. The van der Waals surface area contributed by atoms with Crippen LogP contribution in [0.3, 0.4) is 0 Å². The summed E-state index contributed by atoms with van der Waals surface area (Å²) in [5.41, 5.74) is 1.74. The average molecular weight is 321 g/mol. The fourth-order valence-corrected chi connectivity index (χ4v) is 1.88. The van der Waals surface area contributed by atoms with Crippen LogP contribution in [-0.2, 0) is 9.53 Å². The molecule has 0 aliphatic rings. The molecule has 0 fully saturated rings. The second kappa shape index (κ2) is 8.30. The topological polar surface area (TPSA) is 76.4 Å². The first-order valence-electron chi connectivity index (χ1n) is 7.14. The van der Waals surface area contributed by atoms with E-state index < -0.39 is 5.97 Å². The predicted molar refractivity (Wildman–Crippen MR) is 88.5 cm³/mol. The number of Topliss-reactive ketones (excluding diaryl/α,β-unsaturated/α-hetero) is 1. The highest BCUT2D eigenvalue weighted by molar-refractivity contribution is 5.99. The van der Waals surface area contributed by atoms with E-state index in [0.717, 1.165) is 5.56 Å². The van der Waals surface area contributed by atoms with Crippen LogP contribution < -0.4 is 4.74 Å². The zero-order chi connectivity index (χ0) is 17.4. The minimum absolute atomic E-state index is 0.294. The van der Waals surface area contributed by atoms with Crippen molar-refractivity contribution in [3.8, 4) is 11.8 Å². The molecule has 0 radical (unpaired) electrons. The summed E-state index contributed by atoms with van der Waals surface area (Å²) in [5, 5.41) is 8.71. The first-order valence-corrected chi connectivity index (χ1v) is 7.14. The Bertz CT molecular complexity index is 784. The Kier molecular flexibility index (Phi) is 5.87. The van der Waals surface area contributed by atoms with Crippen molar-refractivity contribution in [2.75, 3.05) is 13.7 Å². The lowest BCUT2D eigenvalue weighted by Crippen LogP contribution is -2.12. The molecule has 0 bridgehead atoms. The number of carbonyl (C=O) groups is 2. The summed E-state index contributed by atoms with van der Waals surface area (Å²) < 4.78 is 9.93. The van der Waals surface area contributed by atoms with Crippen LogP contribution in [0.5, 0.6) is 5.75 Å². The van der Waals surface area contributed by atoms with Crippen molar-refractivity contribution in [2.45, 2.75) is 0 Å². The summed E-state index contributed by atoms with van der Waals surface area (Å²) >= 11 is 0. The van der Waals surface area contributed by atoms with Crippen molar-refractivity contribution >= 4 is 17.8 Å². The Labute approximate surface area is 139 Å². The summed E-state index contributed by atoms with van der Waals surface area (Å²) in [5.74, 6) is -0.257. The van der Waals surface area contributed by atoms with Crippen molar-refractivity contribution in [3.05, 3.63) is 71.3 Å². The molecule has 2 aromatic carbocycles. The van der Waals surface area contributed by atoms with E-state index in [1.165, 1.54) is 6.08 Å². The van der Waals surface area contributed by atoms with Gasteiger partial charge in [0, 0.05) is 11.6 Å². The maximum Gasteiger partial charge on any atom is 0.331 e. The molecule has 0 amide bonds. The van der Waals surface area contributed by atoms with Gasteiger partial charge in [-0.1, -0.05) is 12.1 Å². The lowest BCUT2D eigenvalue weighted by molar-refractivity contribution is -0.136. The molecule has 0 saturated heterocycles. The van der Waals surface area contributed by atoms with Crippen LogP contribution in [0.15, 0.2) is 54.6 Å². The van der Waals surface area contributed by atoms with E-state index >= 15 is 0 Å². The minimum atomic E-state index is -0.610. The van der Waals surface area contributed by atoms with E-state index in [-0.39, 0.29) is 12.4 Å². The van der Waals surface area contributed by atoms with Gasteiger partial charge in [0.05, 0.1) is 18.7 Å². The third-order valence-corrected chi connectivity index (χ3v) is 3.21. The third kappa shape index (κ3) is 4.82. The summed E-state index contributed by atoms with van der Waals surface area (Å²) in [6, 6.07) is 15.3. The maximum atomic E-state index is 11.9. The Balaban J connectivity index is 1.86. The molecular weight excluding hydrogens is 306 g/mol. The number of esters is 1. The van der Waals surface area contributed by atoms with Gasteiger partial charge in [-0.05, 0) is 48.0 Å². The summed E-state index contributed by atoms with van der Waals surface area (Å²) in [7, 11) is 1.54. The molecule has 0 N–H and O–H groups in total. The van der Waals surface area contributed by atoms with Gasteiger partial charge in [0.15, 0.2) is 12.4 Å². The summed E-state index contributed by atoms with van der Waals surface area (Å²) in [4.78, 5) is 23.6. The fourth-order valence-electron chi connectivity index (χ4n) is 1.88. The van der Waals surface area contributed by atoms with Crippen LogP contribution in [0.2, 0.25) is 0 Å². The molecule has 0 spiro atoms. The van der Waals surface area contributed by atoms with Gasteiger partial charge >= 0.3 is 5.97 Å². The average Bonchev–Trinajstić information content (AvgIpc) is 2.64. The number of nitriles is 1. The Hall–Kier alpha value is -3.39. The molecule has 0 atom stereocenters. The number of rotatable bonds is 6. The normalized spacial score (nSPS) is 10.2. The van der Waals surface area contributed by atoms with E-state index in [4.69, 9.17) is 14.7 Å². The van der Waals surface area contributed by atoms with Gasteiger partial charge in [-0.15, -0.1) is 0 Å². The second-order valence-electron chi connectivity index (χ2n) is 4.83. The summed E-state index contributed by atoms with van der Waals surface area (Å²) in [6.07, 6.45) is 2.80. The molecule has 5 heteroatoms. The van der Waals surface area contributed by atoms with Gasteiger partial charge in [-0.2, -0.15) is 5.26 Å². The summed E-state index contributed by atoms with van der Waals surface area (Å²) in [6.45, 7) is -0.330. The van der Waals surface area contributed by atoms with Crippen molar-refractivity contribution < 1.29 is 19.1 Å². The third-order valence-electron chi connectivity index (χ3n) is 3.21. The van der Waals surface area contributed by atoms with Crippen LogP contribution in [-0.4, -0.2) is 25.5 Å². The van der Waals surface area contributed by atoms with Crippen LogP contribution >= 0.6 is 0 Å². The van der Waals surface area contributed by atoms with E-state index in [0.29, 0.717) is 16.9 Å². The molecule has 24 heavy (non-hydrogen) atoms. The minimum Gasteiger partial charge on any atom is -0.497 e. The van der Waals surface area contributed by atoms with Gasteiger partial charge in [0.25, 0.3) is 0 Å². The number of benzene rings is 2. The number of nitrogens with zero attached hydrogens (tertiary/aromatic N) is 1. The van der Waals surface area contributed by atoms with Crippen LogP contribution in [0.4, 0.5) is 0 Å². The molecule has 0 aliphatic carbocycles. The quantitative estimate of drug-likeness (QED) is 0.464. The maximum absolute atomic E-state index is 11.9. The number of methoxy groups -OCH3 is 1. The largest absolute Gasteiger partial charge is 0.497 e. The van der Waals surface area contributed by atoms with E-state index in [2.05, 4.69) is 0 Å². The molecule has 0 saturated carbocycles.